The van der Waals surface area contributed by atoms with Gasteiger partial charge in [0.25, 0.3) is 5.91 Å². The molecule has 0 saturated carbocycles. The Hall–Kier alpha value is -2.43. The summed E-state index contributed by atoms with van der Waals surface area (Å²) in [5, 5.41) is 12.5. The van der Waals surface area contributed by atoms with Gasteiger partial charge in [0.05, 0.1) is 12.7 Å². The lowest BCUT2D eigenvalue weighted by Crippen LogP contribution is -2.23. The zero-order valence-electron chi connectivity index (χ0n) is 11.7. The molecule has 0 unspecified atom stereocenters. The Balaban J connectivity index is 2.09. The molecule has 0 aliphatic heterocycles. The maximum absolute atomic E-state index is 12.0. The first-order valence-electron chi connectivity index (χ1n) is 6.22. The first-order valence-corrected chi connectivity index (χ1v) is 6.22. The van der Waals surface area contributed by atoms with Crippen LogP contribution in [0.2, 0.25) is 0 Å². The molecule has 1 amide bonds. The van der Waals surface area contributed by atoms with E-state index in [9.17, 15) is 9.90 Å². The SMILES string of the molecule is COc1ccc(O)c(CNC(=O)c2cc(C)oc2C)c1. The topological polar surface area (TPSA) is 71.7 Å². The van der Waals surface area contributed by atoms with Crippen molar-refractivity contribution in [3.63, 3.8) is 0 Å². The molecule has 106 valence electrons. The van der Waals surface area contributed by atoms with Gasteiger partial charge in [-0.3, -0.25) is 4.79 Å². The summed E-state index contributed by atoms with van der Waals surface area (Å²) in [4.78, 5) is 12.0. The van der Waals surface area contributed by atoms with Crippen LogP contribution in [0.5, 0.6) is 11.5 Å². The third-order valence-electron chi connectivity index (χ3n) is 3.01. The summed E-state index contributed by atoms with van der Waals surface area (Å²) in [5.41, 5.74) is 1.10. The summed E-state index contributed by atoms with van der Waals surface area (Å²) in [5.74, 6) is 1.78. The largest absolute Gasteiger partial charge is 0.508 e. The molecule has 0 fully saturated rings. The highest BCUT2D eigenvalue weighted by molar-refractivity contribution is 5.95. The highest BCUT2D eigenvalue weighted by atomic mass is 16.5. The Bertz CT molecular complexity index is 631. The van der Waals surface area contributed by atoms with Crippen LogP contribution in [0, 0.1) is 13.8 Å². The van der Waals surface area contributed by atoms with Crippen LogP contribution in [-0.2, 0) is 6.54 Å². The maximum Gasteiger partial charge on any atom is 0.255 e. The van der Waals surface area contributed by atoms with Gasteiger partial charge in [-0.05, 0) is 38.1 Å². The predicted molar refractivity (Wildman–Crippen MR) is 74.0 cm³/mol. The number of furan rings is 1. The van der Waals surface area contributed by atoms with E-state index in [-0.39, 0.29) is 18.2 Å². The van der Waals surface area contributed by atoms with Crippen LogP contribution in [0.4, 0.5) is 0 Å². The monoisotopic (exact) mass is 275 g/mol. The van der Waals surface area contributed by atoms with Crippen LogP contribution in [0.1, 0.15) is 27.4 Å². The molecule has 1 aromatic carbocycles. The second-order valence-corrected chi connectivity index (χ2v) is 4.50. The minimum atomic E-state index is -0.235. The molecule has 0 bridgehead atoms. The smallest absolute Gasteiger partial charge is 0.255 e. The number of phenolic OH excluding ortho intramolecular Hbond substituents is 1. The summed E-state index contributed by atoms with van der Waals surface area (Å²) in [7, 11) is 1.55. The summed E-state index contributed by atoms with van der Waals surface area (Å²) in [6.07, 6.45) is 0. The van der Waals surface area contributed by atoms with E-state index < -0.39 is 0 Å². The molecule has 1 heterocycles. The fourth-order valence-electron chi connectivity index (χ4n) is 1.96. The fraction of sp³-hybridized carbons (Fsp3) is 0.267. The van der Waals surface area contributed by atoms with Crippen molar-refractivity contribution in [1.82, 2.24) is 5.32 Å². The number of aryl methyl sites for hydroxylation is 2. The first kappa shape index (κ1) is 14.0. The number of amides is 1. The second kappa shape index (κ2) is 5.69. The Morgan fingerprint density at radius 1 is 1.35 bits per heavy atom. The average molecular weight is 275 g/mol. The number of carbonyl (C=O) groups excluding carboxylic acids is 1. The molecule has 0 aliphatic carbocycles. The lowest BCUT2D eigenvalue weighted by Gasteiger charge is -2.08. The zero-order chi connectivity index (χ0) is 14.7. The van der Waals surface area contributed by atoms with Gasteiger partial charge in [0.2, 0.25) is 0 Å². The molecule has 20 heavy (non-hydrogen) atoms. The van der Waals surface area contributed by atoms with Crippen molar-refractivity contribution in [3.8, 4) is 11.5 Å². The van der Waals surface area contributed by atoms with Crippen molar-refractivity contribution in [1.29, 1.82) is 0 Å². The van der Waals surface area contributed by atoms with Crippen molar-refractivity contribution in [3.05, 3.63) is 46.9 Å². The van der Waals surface area contributed by atoms with Crippen molar-refractivity contribution in [2.75, 3.05) is 7.11 Å². The van der Waals surface area contributed by atoms with Crippen molar-refractivity contribution < 1.29 is 19.1 Å². The number of rotatable bonds is 4. The molecule has 5 heteroatoms. The molecular formula is C15H17NO4. The quantitative estimate of drug-likeness (QED) is 0.899. The Morgan fingerprint density at radius 2 is 2.10 bits per heavy atom. The summed E-state index contributed by atoms with van der Waals surface area (Å²) < 4.78 is 10.4. The van der Waals surface area contributed by atoms with E-state index in [1.165, 1.54) is 6.07 Å². The van der Waals surface area contributed by atoms with Crippen LogP contribution < -0.4 is 10.1 Å². The van der Waals surface area contributed by atoms with E-state index in [0.29, 0.717) is 28.4 Å². The highest BCUT2D eigenvalue weighted by Crippen LogP contribution is 2.23. The predicted octanol–water partition coefficient (Wildman–Crippen LogP) is 2.54. The van der Waals surface area contributed by atoms with Gasteiger partial charge in [-0.15, -0.1) is 0 Å². The lowest BCUT2D eigenvalue weighted by molar-refractivity contribution is 0.0949. The summed E-state index contributed by atoms with van der Waals surface area (Å²) >= 11 is 0. The lowest BCUT2D eigenvalue weighted by atomic mass is 10.1. The first-order chi connectivity index (χ1) is 9.51. The Labute approximate surface area is 117 Å². The minimum absolute atomic E-state index is 0.117. The van der Waals surface area contributed by atoms with Crippen LogP contribution in [-0.4, -0.2) is 18.1 Å². The third-order valence-corrected chi connectivity index (χ3v) is 3.01. The Kier molecular flexibility index (Phi) is 3.98. The van der Waals surface area contributed by atoms with Crippen molar-refractivity contribution in [2.45, 2.75) is 20.4 Å². The van der Waals surface area contributed by atoms with Crippen molar-refractivity contribution in [2.24, 2.45) is 0 Å². The number of aromatic hydroxyl groups is 1. The minimum Gasteiger partial charge on any atom is -0.508 e. The third kappa shape index (κ3) is 2.93. The molecule has 0 saturated heterocycles. The molecule has 0 atom stereocenters. The average Bonchev–Trinajstić information content (AvgIpc) is 2.76. The van der Waals surface area contributed by atoms with Crippen LogP contribution >= 0.6 is 0 Å². The molecule has 2 aromatic rings. The molecule has 2 N–H and O–H groups in total. The summed E-state index contributed by atoms with van der Waals surface area (Å²) in [6, 6.07) is 6.57. The maximum atomic E-state index is 12.0. The van der Waals surface area contributed by atoms with E-state index in [2.05, 4.69) is 5.32 Å². The van der Waals surface area contributed by atoms with Crippen LogP contribution in [0.3, 0.4) is 0 Å². The van der Waals surface area contributed by atoms with Gasteiger partial charge in [-0.25, -0.2) is 0 Å². The van der Waals surface area contributed by atoms with E-state index in [1.807, 2.05) is 0 Å². The standard InChI is InChI=1S/C15H17NO4/c1-9-6-13(10(2)20-9)15(18)16-8-11-7-12(19-3)4-5-14(11)17/h4-7,17H,8H2,1-3H3,(H,16,18). The number of hydrogen-bond acceptors (Lipinski definition) is 4. The van der Waals surface area contributed by atoms with Crippen LogP contribution in [0.15, 0.2) is 28.7 Å². The van der Waals surface area contributed by atoms with Gasteiger partial charge in [-0.1, -0.05) is 0 Å². The molecule has 0 aliphatic rings. The molecule has 2 rings (SSSR count). The number of nitrogens with one attached hydrogen (secondary N) is 1. The normalized spacial score (nSPS) is 10.3. The van der Waals surface area contributed by atoms with Gasteiger partial charge in [-0.2, -0.15) is 0 Å². The molecular weight excluding hydrogens is 258 g/mol. The molecule has 1 aromatic heterocycles. The van der Waals surface area contributed by atoms with Gasteiger partial charge >= 0.3 is 0 Å². The number of benzene rings is 1. The molecule has 5 nitrogen and oxygen atoms in total. The van der Waals surface area contributed by atoms with E-state index in [0.717, 1.165) is 0 Å². The number of ether oxygens (including phenoxy) is 1. The number of phenols is 1. The second-order valence-electron chi connectivity index (χ2n) is 4.50. The zero-order valence-corrected chi connectivity index (χ0v) is 11.7. The number of hydrogen-bond donors (Lipinski definition) is 2. The van der Waals surface area contributed by atoms with E-state index >= 15 is 0 Å². The number of methoxy groups -OCH3 is 1. The molecule has 0 radical (unpaired) electrons. The van der Waals surface area contributed by atoms with Gasteiger partial charge < -0.3 is 19.6 Å². The highest BCUT2D eigenvalue weighted by Gasteiger charge is 2.13. The molecule has 0 spiro atoms. The Morgan fingerprint density at radius 3 is 2.70 bits per heavy atom. The number of carbonyl (C=O) groups is 1. The summed E-state index contributed by atoms with van der Waals surface area (Å²) in [6.45, 7) is 3.74. The van der Waals surface area contributed by atoms with E-state index in [1.54, 1.807) is 39.2 Å². The van der Waals surface area contributed by atoms with Gasteiger partial charge in [0.15, 0.2) is 0 Å². The van der Waals surface area contributed by atoms with Gasteiger partial charge in [0, 0.05) is 12.1 Å². The van der Waals surface area contributed by atoms with Crippen LogP contribution in [0.25, 0.3) is 0 Å². The fourth-order valence-corrected chi connectivity index (χ4v) is 1.96. The van der Waals surface area contributed by atoms with Crippen molar-refractivity contribution >= 4 is 5.91 Å². The van der Waals surface area contributed by atoms with E-state index in [4.69, 9.17) is 9.15 Å². The van der Waals surface area contributed by atoms with Gasteiger partial charge in [0.1, 0.15) is 23.0 Å².